The number of rotatable bonds is 2. The Morgan fingerprint density at radius 1 is 0.957 bits per heavy atom. The molecule has 0 fully saturated rings. The normalized spacial score (nSPS) is 11.4. The predicted molar refractivity (Wildman–Crippen MR) is 98.7 cm³/mol. The van der Waals surface area contributed by atoms with E-state index in [9.17, 15) is 13.0 Å². The first-order valence-corrected chi connectivity index (χ1v) is 9.43. The minimum absolute atomic E-state index is 0.104. The van der Waals surface area contributed by atoms with E-state index in [1.54, 1.807) is 12.1 Å². The number of benzene rings is 2. The van der Waals surface area contributed by atoms with Gasteiger partial charge in [0.05, 0.1) is 4.90 Å². The highest BCUT2D eigenvalue weighted by atomic mass is 127. The monoisotopic (exact) mass is 447 g/mol. The van der Waals surface area contributed by atoms with Gasteiger partial charge in [-0.3, -0.25) is 0 Å². The molecule has 6 heteroatoms. The van der Waals surface area contributed by atoms with Gasteiger partial charge in [-0.15, -0.1) is 0 Å². The van der Waals surface area contributed by atoms with E-state index < -0.39 is 10.1 Å². The molecule has 0 aliphatic heterocycles. The Morgan fingerprint density at radius 3 is 1.83 bits per heavy atom. The Bertz CT molecular complexity index is 715. The van der Waals surface area contributed by atoms with Crippen LogP contribution in [-0.4, -0.2) is 18.6 Å². The quantitative estimate of drug-likeness (QED) is 0.507. The molecule has 0 saturated heterocycles. The fourth-order valence-corrected chi connectivity index (χ4v) is 2.39. The van der Waals surface area contributed by atoms with E-state index in [0.717, 1.165) is 11.3 Å². The third kappa shape index (κ3) is 8.34. The lowest BCUT2D eigenvalue weighted by Gasteiger charge is -2.21. The molecular weight excluding hydrogens is 427 g/mol. The van der Waals surface area contributed by atoms with Gasteiger partial charge in [-0.2, -0.15) is 0 Å². The molecule has 0 saturated carbocycles. The van der Waals surface area contributed by atoms with Crippen molar-refractivity contribution in [3.8, 4) is 5.75 Å². The molecule has 0 bridgehead atoms. The van der Waals surface area contributed by atoms with Crippen LogP contribution in [0.1, 0.15) is 26.3 Å². The van der Waals surface area contributed by atoms with Crippen molar-refractivity contribution in [3.05, 3.63) is 57.7 Å². The van der Waals surface area contributed by atoms with Crippen molar-refractivity contribution >= 4 is 32.7 Å². The van der Waals surface area contributed by atoms with E-state index >= 15 is 0 Å². The minimum atomic E-state index is -4.27. The highest BCUT2D eigenvalue weighted by molar-refractivity contribution is 14.1. The zero-order valence-electron chi connectivity index (χ0n) is 13.5. The van der Waals surface area contributed by atoms with E-state index in [4.69, 9.17) is 4.74 Å². The highest BCUT2D eigenvalue weighted by Crippen LogP contribution is 2.18. The second-order valence-electron chi connectivity index (χ2n) is 5.94. The van der Waals surface area contributed by atoms with Crippen molar-refractivity contribution in [1.82, 2.24) is 0 Å². The summed E-state index contributed by atoms with van der Waals surface area (Å²) in [4.78, 5) is -0.178. The molecule has 0 aliphatic rings. The number of ether oxygens (including phenoxy) is 1. The van der Waals surface area contributed by atoms with Crippen LogP contribution in [0, 0.1) is 10.5 Å². The summed E-state index contributed by atoms with van der Waals surface area (Å²) in [6.07, 6.45) is 0. The smallest absolute Gasteiger partial charge is 0.124 e. The number of halogens is 1. The van der Waals surface area contributed by atoms with Crippen molar-refractivity contribution in [2.24, 2.45) is 0 Å². The molecule has 0 spiro atoms. The predicted octanol–water partition coefficient (Wildman–Crippen LogP) is 4.37. The lowest BCUT2D eigenvalue weighted by atomic mass is 10.2. The van der Waals surface area contributed by atoms with Crippen LogP contribution in [0.25, 0.3) is 0 Å². The summed E-state index contributed by atoms with van der Waals surface area (Å²) in [5, 5.41) is 0. The van der Waals surface area contributed by atoms with Crippen molar-refractivity contribution in [2.45, 2.75) is 38.2 Å². The van der Waals surface area contributed by atoms with Gasteiger partial charge >= 0.3 is 0 Å². The van der Waals surface area contributed by atoms with Gasteiger partial charge in [0, 0.05) is 3.57 Å². The lowest BCUT2D eigenvalue weighted by Crippen LogP contribution is -2.22. The summed E-state index contributed by atoms with van der Waals surface area (Å²) in [6.45, 7) is 7.96. The third-order valence-electron chi connectivity index (χ3n) is 2.55. The summed E-state index contributed by atoms with van der Waals surface area (Å²) < 4.78 is 38.0. The molecule has 0 radical (unpaired) electrons. The zero-order chi connectivity index (χ0) is 17.7. The molecule has 0 amide bonds. The lowest BCUT2D eigenvalue weighted by molar-refractivity contribution is 0.131. The summed E-state index contributed by atoms with van der Waals surface area (Å²) in [5.41, 5.74) is 0.824. The fourth-order valence-electron chi connectivity index (χ4n) is 1.56. The van der Waals surface area contributed by atoms with Gasteiger partial charge in [0.1, 0.15) is 21.5 Å². The van der Waals surface area contributed by atoms with Crippen molar-refractivity contribution in [3.63, 3.8) is 0 Å². The minimum Gasteiger partial charge on any atom is -0.744 e. The SMILES string of the molecule is CC(C)(C)Oc1ccc(I)cc1.Cc1ccc(S(=O)(=O)[O-])cc1. The number of hydrogen-bond donors (Lipinski definition) is 0. The summed E-state index contributed by atoms with van der Waals surface area (Å²) in [6, 6.07) is 13.9. The van der Waals surface area contributed by atoms with E-state index in [1.807, 2.05) is 52.0 Å². The van der Waals surface area contributed by atoms with Gasteiger partial charge < -0.3 is 9.29 Å². The Labute approximate surface area is 151 Å². The zero-order valence-corrected chi connectivity index (χ0v) is 16.5. The average Bonchev–Trinajstić information content (AvgIpc) is 2.40. The third-order valence-corrected chi connectivity index (χ3v) is 4.12. The summed E-state index contributed by atoms with van der Waals surface area (Å²) in [7, 11) is -4.27. The van der Waals surface area contributed by atoms with Crippen LogP contribution in [0.15, 0.2) is 53.4 Å². The molecule has 2 aromatic rings. The van der Waals surface area contributed by atoms with E-state index in [-0.39, 0.29) is 10.5 Å². The van der Waals surface area contributed by atoms with E-state index in [2.05, 4.69) is 22.6 Å². The second kappa shape index (κ2) is 8.12. The summed E-state index contributed by atoms with van der Waals surface area (Å²) >= 11 is 2.28. The molecule has 0 atom stereocenters. The van der Waals surface area contributed by atoms with E-state index in [1.165, 1.54) is 15.7 Å². The Morgan fingerprint density at radius 2 is 1.43 bits per heavy atom. The Hall–Kier alpha value is -1.12. The van der Waals surface area contributed by atoms with Crippen LogP contribution >= 0.6 is 22.6 Å². The maximum atomic E-state index is 10.4. The first kappa shape index (κ1) is 19.9. The molecule has 0 N–H and O–H groups in total. The van der Waals surface area contributed by atoms with Gasteiger partial charge in [-0.05, 0) is 86.7 Å². The van der Waals surface area contributed by atoms with Crippen molar-refractivity contribution in [1.29, 1.82) is 0 Å². The number of hydrogen-bond acceptors (Lipinski definition) is 4. The standard InChI is InChI=1S/C10H13IO.C7H8O3S/c1-10(2,3)12-9-6-4-8(11)5-7-9;1-6-2-4-7(5-3-6)11(8,9)10/h4-7H,1-3H3;2-5H,1H3,(H,8,9,10)/p-1. The van der Waals surface area contributed by atoms with Crippen molar-refractivity contribution in [2.75, 3.05) is 0 Å². The second-order valence-corrected chi connectivity index (χ2v) is 8.56. The van der Waals surface area contributed by atoms with Crippen LogP contribution in [0.5, 0.6) is 5.75 Å². The van der Waals surface area contributed by atoms with Gasteiger partial charge in [-0.1, -0.05) is 17.7 Å². The van der Waals surface area contributed by atoms with Crippen LogP contribution < -0.4 is 4.74 Å². The molecule has 0 unspecified atom stereocenters. The first-order valence-electron chi connectivity index (χ1n) is 6.94. The van der Waals surface area contributed by atoms with Gasteiger partial charge in [0.2, 0.25) is 0 Å². The largest absolute Gasteiger partial charge is 0.744 e. The van der Waals surface area contributed by atoms with Gasteiger partial charge in [-0.25, -0.2) is 8.42 Å². The molecule has 4 nitrogen and oxygen atoms in total. The molecule has 0 aliphatic carbocycles. The maximum Gasteiger partial charge on any atom is 0.124 e. The van der Waals surface area contributed by atoms with Crippen molar-refractivity contribution < 1.29 is 17.7 Å². The molecule has 0 heterocycles. The molecule has 2 rings (SSSR count). The molecule has 23 heavy (non-hydrogen) atoms. The molecule has 126 valence electrons. The molecular formula is C17H20IO4S-. The molecule has 2 aromatic carbocycles. The summed E-state index contributed by atoms with van der Waals surface area (Å²) in [5.74, 6) is 0.933. The highest BCUT2D eigenvalue weighted by Gasteiger charge is 2.10. The van der Waals surface area contributed by atoms with E-state index in [0.29, 0.717) is 0 Å². The Kier molecular flexibility index (Phi) is 7.03. The number of aryl methyl sites for hydroxylation is 1. The van der Waals surface area contributed by atoms with Crippen LogP contribution in [0.4, 0.5) is 0 Å². The van der Waals surface area contributed by atoms with Crippen LogP contribution in [-0.2, 0) is 10.1 Å². The van der Waals surface area contributed by atoms with Crippen LogP contribution in [0.2, 0.25) is 0 Å². The topological polar surface area (TPSA) is 66.4 Å². The van der Waals surface area contributed by atoms with Gasteiger partial charge in [0.25, 0.3) is 0 Å². The Balaban J connectivity index is 0.000000231. The van der Waals surface area contributed by atoms with Gasteiger partial charge in [0.15, 0.2) is 0 Å². The fraction of sp³-hybridized carbons (Fsp3) is 0.294. The average molecular weight is 447 g/mol. The van der Waals surface area contributed by atoms with Crippen LogP contribution in [0.3, 0.4) is 0 Å². The maximum absolute atomic E-state index is 10.4. The molecule has 0 aromatic heterocycles. The first-order chi connectivity index (χ1) is 10.5.